The minimum atomic E-state index is -0.870. The van der Waals surface area contributed by atoms with Gasteiger partial charge in [0.15, 0.2) is 0 Å². The number of aryl methyl sites for hydroxylation is 3. The highest BCUT2D eigenvalue weighted by Gasteiger charge is 2.52. The summed E-state index contributed by atoms with van der Waals surface area (Å²) in [6, 6.07) is 41.5. The van der Waals surface area contributed by atoms with Gasteiger partial charge < -0.3 is 60.4 Å². The standard InChI is InChI=1S/C49H41N3O4.C37H40N4O4.C35H35N3O4/c1-48(2)36-27-37(49(48,3)4)45(29-10-6-14-33(54)24-29)39-18-20-41(51-39)47(31-12-8-16-35(56)26-31)43-22-21-42(52-43)46(30-11-7-15-34(55)25-30)40-19-17-38(50-40)44(36)28-9-5-13-32(53)23-28;1-19-8-10-27-34-15-30-22(4)25(9-11-36(43)44)32(40-30)16-33-26(12-13-45-18-42)23(5)29(39-33)14-28-20(2)21(3)31(38-28)17-35(41-34)37(27,7)24(19)6;1-7-24-19(4)30-17-33-25(8-2)20(5)28(38-33)16-29-21(6)27(10-12-35(41)42)32(37-29)15-23-13-22(14-31(24)36-30)18(3)26(23)9-11-34(39)40/h5-26,52-56H,27H2,1-4H3;8,10,14-18,24,39-40H,9,11-13H2,1-7H3,(H,43,44);7-8,14-17,36H,1-2,9-13H2,3-6H3,(H,39,40)(H,41,42)/b44-36+,45-37?,46-40-,47-41-;;. The Hall–Kier alpha value is -16.4. The van der Waals surface area contributed by atoms with Crippen molar-refractivity contribution >= 4 is 127 Å². The molecule has 22 heteroatoms. The number of rotatable bonds is 19. The third kappa shape index (κ3) is 18.0. The molecule has 0 saturated heterocycles. The fraction of sp³-hybridized carbons (Fsp3) is 0.240. The Balaban J connectivity index is 0.000000143. The fourth-order valence-corrected chi connectivity index (χ4v) is 21.7. The van der Waals surface area contributed by atoms with Gasteiger partial charge in [0.05, 0.1) is 75.0 Å². The van der Waals surface area contributed by atoms with Gasteiger partial charge in [-0.15, -0.1) is 0 Å². The second-order valence-corrected chi connectivity index (χ2v) is 39.5. The number of carbonyl (C=O) groups is 4. The first-order valence-corrected chi connectivity index (χ1v) is 48.4. The molecular weight excluding hydrogens is 1790 g/mol. The number of nitrogens with zero attached hydrogens (tertiary/aromatic N) is 6. The summed E-state index contributed by atoms with van der Waals surface area (Å²) in [5.41, 5.74) is 43.2. The summed E-state index contributed by atoms with van der Waals surface area (Å²) in [4.78, 5) is 91.3. The SMILES string of the molecule is C=CC1=C(C)C2=NC1=Cc1[nH]c(c(C=C)c1C)C=C1CC(=CC3=NC(=C2)C(C)=C3CCC(=O)O)C(CCC(=O)O)=C1C.CC1(C)C2=C(c3cccc(O)c3)C3=N/C(=C(/c4cccc(O)c4)c4ccc([nH]4)/C(c4cccc(O)c4)=C4/C=CC(=N4)/C(c4cccc(O)c4)=C(\C2)C1(C)C)C=C3.CC1=CC=C2c3cc4[nH]c(cc5[nH]c(cc6nc(cc(n3)C2(C)C1C)C(C)=C6C)c(C)c5CCOC=O)c(CCC(=O)O)c4C. The minimum absolute atomic E-state index is 0.0139. The Morgan fingerprint density at radius 3 is 1.47 bits per heavy atom. The number of hydrogen-bond acceptors (Lipinski definition) is 15. The number of carboxylic acid groups (broad SMARTS) is 3. The van der Waals surface area contributed by atoms with Crippen molar-refractivity contribution in [1.29, 1.82) is 0 Å². The molecule has 13 heterocycles. The van der Waals surface area contributed by atoms with E-state index in [0.29, 0.717) is 62.1 Å². The number of aromatic hydroxyl groups is 4. The molecule has 24 bridgehead atoms. The van der Waals surface area contributed by atoms with Gasteiger partial charge in [0.2, 0.25) is 0 Å². The minimum Gasteiger partial charge on any atom is -0.508 e. The van der Waals surface area contributed by atoms with Crippen molar-refractivity contribution in [3.05, 3.63) is 387 Å². The van der Waals surface area contributed by atoms with E-state index in [9.17, 15) is 54.9 Å². The number of aromatic amines is 4. The van der Waals surface area contributed by atoms with E-state index in [1.807, 2.05) is 143 Å². The third-order valence-electron chi connectivity index (χ3n) is 31.0. The van der Waals surface area contributed by atoms with Crippen LogP contribution in [0.25, 0.3) is 79.3 Å². The molecule has 2 atom stereocenters. The van der Waals surface area contributed by atoms with E-state index in [1.165, 1.54) is 5.57 Å². The molecule has 8 aliphatic heterocycles. The zero-order chi connectivity index (χ0) is 101. The second-order valence-electron chi connectivity index (χ2n) is 39.5. The number of phenolic OH excluding ortho intramolecular Hbond substituents is 4. The molecule has 2 unspecified atom stereocenters. The summed E-state index contributed by atoms with van der Waals surface area (Å²) in [6.45, 7) is 41.1. The number of phenols is 4. The zero-order valence-corrected chi connectivity index (χ0v) is 83.1. The van der Waals surface area contributed by atoms with Crippen LogP contribution in [0.1, 0.15) is 229 Å². The van der Waals surface area contributed by atoms with E-state index in [0.717, 1.165) is 247 Å². The number of H-pyrrole nitrogens is 4. The van der Waals surface area contributed by atoms with Crippen LogP contribution >= 0.6 is 0 Å². The summed E-state index contributed by atoms with van der Waals surface area (Å²) >= 11 is 0. The normalized spacial score (nSPS) is 20.0. The van der Waals surface area contributed by atoms with Gasteiger partial charge in [-0.1, -0.05) is 126 Å². The number of nitrogens with one attached hydrogen (secondary N) is 4. The number of carboxylic acids is 3. The van der Waals surface area contributed by atoms with Crippen LogP contribution in [0.15, 0.2) is 305 Å². The maximum atomic E-state index is 11.7. The average molecular weight is 1900 g/mol. The molecular formula is C121H116N10O12. The highest BCUT2D eigenvalue weighted by molar-refractivity contribution is 6.34. The largest absolute Gasteiger partial charge is 0.508 e. The molecule has 1 saturated carbocycles. The van der Waals surface area contributed by atoms with Crippen molar-refractivity contribution in [2.75, 3.05) is 6.61 Å². The monoisotopic (exact) mass is 1900 g/mol. The molecule has 3 aliphatic carbocycles. The Kier molecular flexibility index (Phi) is 26.0. The molecule has 20 rings (SSSR count). The van der Waals surface area contributed by atoms with Crippen molar-refractivity contribution in [1.82, 2.24) is 29.9 Å². The predicted molar refractivity (Wildman–Crippen MR) is 572 cm³/mol. The molecule has 0 radical (unpaired) electrons. The zero-order valence-electron chi connectivity index (χ0n) is 83.1. The first kappa shape index (κ1) is 96.9. The average Bonchev–Trinajstić information content (AvgIpc) is 1.55. The van der Waals surface area contributed by atoms with Gasteiger partial charge in [-0.05, 0) is 369 Å². The summed E-state index contributed by atoms with van der Waals surface area (Å²) in [6.07, 6.45) is 27.2. The number of allylic oxidation sites excluding steroid dienone is 24. The number of aromatic nitrogens is 6. The summed E-state index contributed by atoms with van der Waals surface area (Å²) in [7, 11) is 0. The number of carbonyl (C=O) groups excluding carboxylic acids is 1. The lowest BCUT2D eigenvalue weighted by molar-refractivity contribution is -0.138. The van der Waals surface area contributed by atoms with Crippen LogP contribution in [-0.2, 0) is 42.2 Å². The number of fused-ring (bicyclic) bond motifs is 23. The van der Waals surface area contributed by atoms with Crippen LogP contribution in [0, 0.1) is 37.5 Å². The maximum Gasteiger partial charge on any atom is 0.303 e. The highest BCUT2D eigenvalue weighted by Crippen LogP contribution is 2.63. The molecule has 4 aromatic carbocycles. The van der Waals surface area contributed by atoms with Crippen LogP contribution in [0.2, 0.25) is 0 Å². The van der Waals surface area contributed by atoms with Crippen molar-refractivity contribution in [2.24, 2.45) is 36.7 Å². The number of aliphatic imine (C=N–C) groups is 4. The Morgan fingerprint density at radius 2 is 0.951 bits per heavy atom. The van der Waals surface area contributed by atoms with E-state index in [2.05, 4.69) is 152 Å². The van der Waals surface area contributed by atoms with Crippen LogP contribution in [0.5, 0.6) is 23.0 Å². The van der Waals surface area contributed by atoms with Gasteiger partial charge in [-0.2, -0.15) is 0 Å². The van der Waals surface area contributed by atoms with E-state index in [1.54, 1.807) is 48.5 Å². The Bertz CT molecular complexity index is 7800. The number of benzene rings is 4. The lowest BCUT2D eigenvalue weighted by Crippen LogP contribution is -2.31. The van der Waals surface area contributed by atoms with Gasteiger partial charge in [0.25, 0.3) is 6.47 Å². The molecule has 11 aliphatic rings. The van der Waals surface area contributed by atoms with Crippen LogP contribution < -0.4 is 0 Å². The summed E-state index contributed by atoms with van der Waals surface area (Å²) in [5, 5.41) is 71.5. The lowest BCUT2D eigenvalue weighted by Gasteiger charge is -2.38. The van der Waals surface area contributed by atoms with Gasteiger partial charge in [-0.3, -0.25) is 24.2 Å². The molecule has 0 spiro atoms. The van der Waals surface area contributed by atoms with Crippen molar-refractivity contribution < 1.29 is 59.7 Å². The first-order valence-electron chi connectivity index (χ1n) is 48.4. The number of ether oxygens (including phenoxy) is 1. The van der Waals surface area contributed by atoms with Crippen molar-refractivity contribution in [2.45, 2.75) is 167 Å². The van der Waals surface area contributed by atoms with E-state index < -0.39 is 28.7 Å². The molecule has 143 heavy (non-hydrogen) atoms. The molecule has 9 aromatic rings. The number of hydrogen-bond donors (Lipinski definition) is 11. The molecule has 22 nitrogen and oxygen atoms in total. The summed E-state index contributed by atoms with van der Waals surface area (Å²) in [5.74, 6) is -1.71. The van der Waals surface area contributed by atoms with E-state index >= 15 is 0 Å². The van der Waals surface area contributed by atoms with Crippen LogP contribution in [0.4, 0.5) is 0 Å². The van der Waals surface area contributed by atoms with Gasteiger partial charge >= 0.3 is 17.9 Å². The van der Waals surface area contributed by atoms with E-state index in [-0.39, 0.29) is 60.2 Å². The van der Waals surface area contributed by atoms with Gasteiger partial charge in [-0.25, -0.2) is 25.0 Å². The van der Waals surface area contributed by atoms with Crippen LogP contribution in [-0.4, -0.2) is 119 Å². The first-order chi connectivity index (χ1) is 68.3. The van der Waals surface area contributed by atoms with Crippen LogP contribution in [0.3, 0.4) is 0 Å². The second kappa shape index (κ2) is 38.3. The topological polar surface area (TPSA) is 357 Å². The van der Waals surface area contributed by atoms with Crippen molar-refractivity contribution in [3.63, 3.8) is 0 Å². The molecule has 11 N–H and O–H groups in total. The predicted octanol–water partition coefficient (Wildman–Crippen LogP) is 26.0. The van der Waals surface area contributed by atoms with Gasteiger partial charge in [0.1, 0.15) is 23.0 Å². The van der Waals surface area contributed by atoms with E-state index in [4.69, 9.17) is 34.7 Å². The number of aliphatic carboxylic acids is 3. The lowest BCUT2D eigenvalue weighted by atomic mass is 9.65. The quantitative estimate of drug-likeness (QED) is 0.0265. The smallest absolute Gasteiger partial charge is 0.303 e. The molecule has 1 fully saturated rings. The highest BCUT2D eigenvalue weighted by atomic mass is 16.5. The summed E-state index contributed by atoms with van der Waals surface area (Å²) < 4.78 is 5.08. The molecule has 722 valence electrons. The molecule has 0 amide bonds. The third-order valence-corrected chi connectivity index (χ3v) is 31.0. The maximum absolute atomic E-state index is 11.7. The molecule has 5 aromatic heterocycles. The van der Waals surface area contributed by atoms with Gasteiger partial charge in [0, 0.05) is 109 Å². The fourth-order valence-electron chi connectivity index (χ4n) is 21.7. The van der Waals surface area contributed by atoms with Crippen molar-refractivity contribution in [3.8, 4) is 23.0 Å². The Labute approximate surface area is 831 Å². The Morgan fingerprint density at radius 1 is 0.448 bits per heavy atom.